The first kappa shape index (κ1) is 15.0. The Kier molecular flexibility index (Phi) is 5.53. The molecule has 1 N–H and O–H groups in total. The molecule has 1 amide bonds. The highest BCUT2D eigenvalue weighted by Crippen LogP contribution is 2.14. The van der Waals surface area contributed by atoms with Gasteiger partial charge >= 0.3 is 0 Å². The molecule has 1 unspecified atom stereocenters. The van der Waals surface area contributed by atoms with Crippen LogP contribution in [0.1, 0.15) is 25.3 Å². The molecule has 2 rings (SSSR count). The minimum absolute atomic E-state index is 0.209. The number of benzene rings is 1. The fourth-order valence-electron chi connectivity index (χ4n) is 2.66. The third kappa shape index (κ3) is 4.60. The van der Waals surface area contributed by atoms with Gasteiger partial charge < -0.3 is 10.2 Å². The molecular formula is C16H23FN2O. The van der Waals surface area contributed by atoms with Crippen molar-refractivity contribution in [3.8, 4) is 0 Å². The second kappa shape index (κ2) is 7.39. The monoisotopic (exact) mass is 278 g/mol. The molecule has 1 aliphatic heterocycles. The van der Waals surface area contributed by atoms with Crippen molar-refractivity contribution in [2.45, 2.75) is 26.2 Å². The molecule has 1 atom stereocenters. The minimum atomic E-state index is -0.209. The molecule has 1 saturated heterocycles. The van der Waals surface area contributed by atoms with Gasteiger partial charge in [0, 0.05) is 26.1 Å². The lowest BCUT2D eigenvalue weighted by atomic mass is 9.97. The number of rotatable bonds is 4. The van der Waals surface area contributed by atoms with Crippen molar-refractivity contribution in [3.63, 3.8) is 0 Å². The van der Waals surface area contributed by atoms with E-state index in [1.807, 2.05) is 11.0 Å². The van der Waals surface area contributed by atoms with Crippen LogP contribution in [-0.2, 0) is 11.2 Å². The predicted octanol–water partition coefficient (Wildman–Crippen LogP) is 2.22. The lowest BCUT2D eigenvalue weighted by molar-refractivity contribution is -0.131. The van der Waals surface area contributed by atoms with Crippen LogP contribution < -0.4 is 5.32 Å². The van der Waals surface area contributed by atoms with Gasteiger partial charge in [-0.2, -0.15) is 0 Å². The fourth-order valence-corrected chi connectivity index (χ4v) is 2.66. The van der Waals surface area contributed by atoms with Crippen LogP contribution in [0.25, 0.3) is 0 Å². The zero-order valence-corrected chi connectivity index (χ0v) is 12.1. The second-order valence-electron chi connectivity index (χ2n) is 5.63. The first-order valence-corrected chi connectivity index (χ1v) is 7.38. The predicted molar refractivity (Wildman–Crippen MR) is 78.0 cm³/mol. The van der Waals surface area contributed by atoms with Gasteiger partial charge in [0.15, 0.2) is 0 Å². The molecular weight excluding hydrogens is 255 g/mol. The number of carbonyl (C=O) groups is 1. The summed E-state index contributed by atoms with van der Waals surface area (Å²) >= 11 is 0. The van der Waals surface area contributed by atoms with Crippen molar-refractivity contribution < 1.29 is 9.18 Å². The third-order valence-corrected chi connectivity index (χ3v) is 3.69. The summed E-state index contributed by atoms with van der Waals surface area (Å²) in [4.78, 5) is 14.2. The van der Waals surface area contributed by atoms with Gasteiger partial charge in [-0.25, -0.2) is 4.39 Å². The normalized spacial score (nSPS) is 17.6. The van der Waals surface area contributed by atoms with Crippen LogP contribution in [0.4, 0.5) is 4.39 Å². The molecule has 4 heteroatoms. The number of halogens is 1. The van der Waals surface area contributed by atoms with Crippen LogP contribution in [0.5, 0.6) is 0 Å². The molecule has 20 heavy (non-hydrogen) atoms. The molecule has 3 nitrogen and oxygen atoms in total. The molecule has 1 heterocycles. The van der Waals surface area contributed by atoms with E-state index in [1.54, 1.807) is 12.1 Å². The van der Waals surface area contributed by atoms with E-state index in [9.17, 15) is 9.18 Å². The lowest BCUT2D eigenvalue weighted by Gasteiger charge is -2.22. The number of nitrogens with one attached hydrogen (secondary N) is 1. The summed E-state index contributed by atoms with van der Waals surface area (Å²) in [6, 6.07) is 6.64. The summed E-state index contributed by atoms with van der Waals surface area (Å²) in [6.45, 7) is 5.57. The van der Waals surface area contributed by atoms with E-state index >= 15 is 0 Å². The summed E-state index contributed by atoms with van der Waals surface area (Å²) in [5.41, 5.74) is 0.961. The van der Waals surface area contributed by atoms with Gasteiger partial charge in [0.1, 0.15) is 5.82 Å². The average molecular weight is 278 g/mol. The maximum absolute atomic E-state index is 13.1. The third-order valence-electron chi connectivity index (χ3n) is 3.69. The Balaban J connectivity index is 1.84. The van der Waals surface area contributed by atoms with Gasteiger partial charge in [-0.05, 0) is 43.0 Å². The first-order chi connectivity index (χ1) is 9.65. The Morgan fingerprint density at radius 2 is 2.25 bits per heavy atom. The Morgan fingerprint density at radius 1 is 1.40 bits per heavy atom. The van der Waals surface area contributed by atoms with Crippen molar-refractivity contribution in [3.05, 3.63) is 35.6 Å². The van der Waals surface area contributed by atoms with Gasteiger partial charge in [-0.15, -0.1) is 0 Å². The van der Waals surface area contributed by atoms with Gasteiger partial charge in [0.25, 0.3) is 0 Å². The smallest absolute Gasteiger partial charge is 0.222 e. The maximum Gasteiger partial charge on any atom is 0.222 e. The molecule has 0 aromatic heterocycles. The zero-order valence-electron chi connectivity index (χ0n) is 12.1. The first-order valence-electron chi connectivity index (χ1n) is 7.38. The van der Waals surface area contributed by atoms with E-state index in [0.29, 0.717) is 6.42 Å². The molecule has 1 aromatic carbocycles. The van der Waals surface area contributed by atoms with Crippen molar-refractivity contribution in [2.24, 2.45) is 5.92 Å². The summed E-state index contributed by atoms with van der Waals surface area (Å²) in [6.07, 6.45) is 2.30. The number of hydrogen-bond acceptors (Lipinski definition) is 2. The van der Waals surface area contributed by atoms with Crippen molar-refractivity contribution >= 4 is 5.91 Å². The Hall–Kier alpha value is -1.42. The van der Waals surface area contributed by atoms with Crippen LogP contribution in [0.2, 0.25) is 0 Å². The highest BCUT2D eigenvalue weighted by Gasteiger charge is 2.18. The summed E-state index contributed by atoms with van der Waals surface area (Å²) < 4.78 is 13.1. The van der Waals surface area contributed by atoms with Crippen molar-refractivity contribution in [1.29, 1.82) is 0 Å². The second-order valence-corrected chi connectivity index (χ2v) is 5.63. The molecule has 0 bridgehead atoms. The van der Waals surface area contributed by atoms with Gasteiger partial charge in [-0.1, -0.05) is 19.1 Å². The van der Waals surface area contributed by atoms with Crippen LogP contribution in [0.15, 0.2) is 24.3 Å². The van der Waals surface area contributed by atoms with E-state index in [0.717, 1.165) is 44.6 Å². The average Bonchev–Trinajstić information content (AvgIpc) is 2.67. The number of carbonyl (C=O) groups excluding carboxylic acids is 1. The van der Waals surface area contributed by atoms with E-state index in [4.69, 9.17) is 0 Å². The number of hydrogen-bond donors (Lipinski definition) is 1. The van der Waals surface area contributed by atoms with Crippen molar-refractivity contribution in [1.82, 2.24) is 10.2 Å². The van der Waals surface area contributed by atoms with E-state index in [1.165, 1.54) is 6.07 Å². The van der Waals surface area contributed by atoms with Gasteiger partial charge in [-0.3, -0.25) is 4.79 Å². The number of amides is 1. The molecule has 0 aliphatic carbocycles. The number of nitrogens with zero attached hydrogens (tertiary/aromatic N) is 1. The van der Waals surface area contributed by atoms with Crippen LogP contribution >= 0.6 is 0 Å². The van der Waals surface area contributed by atoms with Crippen molar-refractivity contribution in [2.75, 3.05) is 26.2 Å². The van der Waals surface area contributed by atoms with Gasteiger partial charge in [0.05, 0.1) is 0 Å². The summed E-state index contributed by atoms with van der Waals surface area (Å²) in [5, 5.41) is 3.30. The highest BCUT2D eigenvalue weighted by atomic mass is 19.1. The zero-order chi connectivity index (χ0) is 14.4. The molecule has 1 fully saturated rings. The topological polar surface area (TPSA) is 32.3 Å². The maximum atomic E-state index is 13.1. The molecule has 1 aromatic rings. The fraction of sp³-hybridized carbons (Fsp3) is 0.562. The largest absolute Gasteiger partial charge is 0.341 e. The highest BCUT2D eigenvalue weighted by molar-refractivity contribution is 5.76. The Labute approximate surface area is 120 Å². The van der Waals surface area contributed by atoms with Crippen LogP contribution in [0, 0.1) is 11.7 Å². The molecule has 0 spiro atoms. The van der Waals surface area contributed by atoms with Crippen LogP contribution in [-0.4, -0.2) is 37.0 Å². The quantitative estimate of drug-likeness (QED) is 0.916. The van der Waals surface area contributed by atoms with Crippen LogP contribution in [0.3, 0.4) is 0 Å². The standard InChI is InChI=1S/C16H23FN2O/c1-13(10-14-4-2-5-15(17)12-14)11-16(20)19-8-3-6-18-7-9-19/h2,4-5,12-13,18H,3,6-11H2,1H3. The minimum Gasteiger partial charge on any atom is -0.341 e. The molecule has 110 valence electrons. The molecule has 0 radical (unpaired) electrons. The summed E-state index contributed by atoms with van der Waals surface area (Å²) in [7, 11) is 0. The van der Waals surface area contributed by atoms with Gasteiger partial charge in [0.2, 0.25) is 5.91 Å². The SMILES string of the molecule is CC(CC(=O)N1CCCNCC1)Cc1cccc(F)c1. The Bertz CT molecular complexity index is 442. The molecule has 0 saturated carbocycles. The lowest BCUT2D eigenvalue weighted by Crippen LogP contribution is -2.35. The Morgan fingerprint density at radius 3 is 3.05 bits per heavy atom. The van der Waals surface area contributed by atoms with E-state index < -0.39 is 0 Å². The van der Waals surface area contributed by atoms with E-state index in [-0.39, 0.29) is 17.6 Å². The van der Waals surface area contributed by atoms with E-state index in [2.05, 4.69) is 12.2 Å². The molecule has 1 aliphatic rings. The summed E-state index contributed by atoms with van der Waals surface area (Å²) in [5.74, 6) is 0.248.